The molecule has 0 spiro atoms. The monoisotopic (exact) mass is 457 g/mol. The van der Waals surface area contributed by atoms with E-state index < -0.39 is 26.7 Å². The molecule has 31 heavy (non-hydrogen) atoms. The molecule has 2 N–H and O–H groups in total. The molecule has 0 unspecified atom stereocenters. The van der Waals surface area contributed by atoms with Gasteiger partial charge in [0.05, 0.1) is 16.1 Å². The number of carbonyl (C=O) groups excluding carboxylic acids is 1. The number of piperazine rings is 1. The van der Waals surface area contributed by atoms with Gasteiger partial charge in [-0.15, -0.1) is 0 Å². The minimum Gasteiger partial charge on any atom is -0.506 e. The number of sulfonamides is 1. The normalized spacial score (nSPS) is 15.2. The van der Waals surface area contributed by atoms with Gasteiger partial charge in [-0.2, -0.15) is 13.2 Å². The Bertz CT molecular complexity index is 1040. The summed E-state index contributed by atoms with van der Waals surface area (Å²) in [5, 5.41) is 9.94. The lowest BCUT2D eigenvalue weighted by molar-refractivity contribution is -0.140. The van der Waals surface area contributed by atoms with Gasteiger partial charge in [0.25, 0.3) is 0 Å². The molecule has 168 valence electrons. The summed E-state index contributed by atoms with van der Waals surface area (Å²) in [5.41, 5.74) is -0.584. The molecule has 1 fully saturated rings. The minimum atomic E-state index is -4.81. The van der Waals surface area contributed by atoms with Crippen molar-refractivity contribution in [1.82, 2.24) is 9.62 Å². The number of alkyl halides is 3. The number of hydrogen-bond acceptors (Lipinski definition) is 5. The first-order valence-electron chi connectivity index (χ1n) is 9.56. The maximum absolute atomic E-state index is 13.1. The Balaban J connectivity index is 1.54. The maximum atomic E-state index is 13.1. The van der Waals surface area contributed by atoms with Gasteiger partial charge in [0.2, 0.25) is 15.9 Å². The Labute approximate surface area is 178 Å². The summed E-state index contributed by atoms with van der Waals surface area (Å²) >= 11 is 0. The number of rotatable bonds is 6. The van der Waals surface area contributed by atoms with Crippen molar-refractivity contribution in [2.45, 2.75) is 17.5 Å². The summed E-state index contributed by atoms with van der Waals surface area (Å²) in [6.07, 6.45) is -4.99. The average Bonchev–Trinajstić information content (AvgIpc) is 2.73. The number of carbonyl (C=O) groups is 1. The van der Waals surface area contributed by atoms with E-state index >= 15 is 0 Å². The van der Waals surface area contributed by atoms with Gasteiger partial charge >= 0.3 is 6.18 Å². The zero-order valence-electron chi connectivity index (χ0n) is 16.5. The lowest BCUT2D eigenvalue weighted by atomic mass is 10.2. The number of nitrogens with one attached hydrogen (secondary N) is 1. The first kappa shape index (κ1) is 22.9. The molecule has 1 heterocycles. The fourth-order valence-electron chi connectivity index (χ4n) is 3.39. The predicted octanol–water partition coefficient (Wildman–Crippen LogP) is 2.43. The number of nitrogens with zero attached hydrogens (tertiary/aromatic N) is 2. The van der Waals surface area contributed by atoms with Crippen LogP contribution in [0.25, 0.3) is 0 Å². The van der Waals surface area contributed by atoms with Gasteiger partial charge in [0.15, 0.2) is 0 Å². The summed E-state index contributed by atoms with van der Waals surface area (Å²) in [4.78, 5) is 15.0. The Morgan fingerprint density at radius 2 is 1.61 bits per heavy atom. The first-order chi connectivity index (χ1) is 14.6. The molecule has 0 atom stereocenters. The lowest BCUT2D eigenvalue weighted by Gasteiger charge is -2.36. The van der Waals surface area contributed by atoms with E-state index in [2.05, 4.69) is 4.72 Å². The Kier molecular flexibility index (Phi) is 6.75. The fourth-order valence-corrected chi connectivity index (χ4v) is 4.65. The van der Waals surface area contributed by atoms with E-state index in [0.29, 0.717) is 37.9 Å². The van der Waals surface area contributed by atoms with Crippen LogP contribution in [0.4, 0.5) is 18.9 Å². The van der Waals surface area contributed by atoms with E-state index in [1.54, 1.807) is 29.2 Å². The van der Waals surface area contributed by atoms with E-state index in [-0.39, 0.29) is 24.6 Å². The Hall–Kier alpha value is -2.79. The number of benzene rings is 2. The van der Waals surface area contributed by atoms with Crippen molar-refractivity contribution in [1.29, 1.82) is 0 Å². The van der Waals surface area contributed by atoms with Crippen LogP contribution in [-0.4, -0.2) is 57.1 Å². The number of anilines is 1. The van der Waals surface area contributed by atoms with E-state index in [0.717, 1.165) is 12.1 Å². The summed E-state index contributed by atoms with van der Waals surface area (Å²) in [6.45, 7) is 1.45. The summed E-state index contributed by atoms with van der Waals surface area (Å²) in [6, 6.07) is 10.8. The van der Waals surface area contributed by atoms with E-state index in [9.17, 15) is 31.5 Å². The summed E-state index contributed by atoms with van der Waals surface area (Å²) in [7, 11) is -4.43. The van der Waals surface area contributed by atoms with Crippen molar-refractivity contribution < 1.29 is 31.5 Å². The quantitative estimate of drug-likeness (QED) is 0.696. The van der Waals surface area contributed by atoms with Crippen LogP contribution in [0.3, 0.4) is 0 Å². The van der Waals surface area contributed by atoms with E-state index in [4.69, 9.17) is 0 Å². The maximum Gasteiger partial charge on any atom is 0.417 e. The van der Waals surface area contributed by atoms with Crippen LogP contribution in [0.2, 0.25) is 0 Å². The molecule has 2 aromatic carbocycles. The predicted molar refractivity (Wildman–Crippen MR) is 108 cm³/mol. The molecule has 1 aliphatic heterocycles. The molecule has 0 saturated carbocycles. The van der Waals surface area contributed by atoms with Crippen LogP contribution in [0.5, 0.6) is 5.75 Å². The highest BCUT2D eigenvalue weighted by molar-refractivity contribution is 7.89. The van der Waals surface area contributed by atoms with Crippen molar-refractivity contribution in [2.24, 2.45) is 0 Å². The molecule has 0 aromatic heterocycles. The molecule has 2 aromatic rings. The standard InChI is InChI=1S/C20H22F3N3O4S/c21-20(22,23)15-5-1-4-8-18(15)31(29,30)24-10-9-19(28)26-13-11-25(12-14-26)16-6-2-3-7-17(16)27/h1-8,24,27H,9-14H2. The molecule has 1 amide bonds. The molecule has 1 aliphatic rings. The molecule has 11 heteroatoms. The average molecular weight is 457 g/mol. The third-order valence-electron chi connectivity index (χ3n) is 4.97. The largest absolute Gasteiger partial charge is 0.506 e. The fraction of sp³-hybridized carbons (Fsp3) is 0.350. The molecule has 0 radical (unpaired) electrons. The molecular weight excluding hydrogens is 435 g/mol. The van der Waals surface area contributed by atoms with Crippen molar-refractivity contribution >= 4 is 21.6 Å². The topological polar surface area (TPSA) is 90.0 Å². The molecule has 0 aliphatic carbocycles. The lowest BCUT2D eigenvalue weighted by Crippen LogP contribution is -2.49. The van der Waals surface area contributed by atoms with Gasteiger partial charge in [0, 0.05) is 39.1 Å². The van der Waals surface area contributed by atoms with Crippen LogP contribution < -0.4 is 9.62 Å². The number of aromatic hydroxyl groups is 1. The van der Waals surface area contributed by atoms with Crippen LogP contribution in [0, 0.1) is 0 Å². The highest BCUT2D eigenvalue weighted by Gasteiger charge is 2.36. The summed E-state index contributed by atoms with van der Waals surface area (Å²) in [5.74, 6) is -0.153. The number of amides is 1. The Morgan fingerprint density at radius 3 is 2.26 bits per heavy atom. The van der Waals surface area contributed by atoms with Gasteiger partial charge in [-0.1, -0.05) is 24.3 Å². The van der Waals surface area contributed by atoms with E-state index in [1.807, 2.05) is 4.90 Å². The second kappa shape index (κ2) is 9.15. The van der Waals surface area contributed by atoms with Crippen molar-refractivity contribution in [3.05, 3.63) is 54.1 Å². The second-order valence-electron chi connectivity index (χ2n) is 7.00. The highest BCUT2D eigenvalue weighted by Crippen LogP contribution is 2.33. The minimum absolute atomic E-state index is 0.149. The van der Waals surface area contributed by atoms with Crippen molar-refractivity contribution in [2.75, 3.05) is 37.6 Å². The van der Waals surface area contributed by atoms with Gasteiger partial charge < -0.3 is 14.9 Å². The van der Waals surface area contributed by atoms with Gasteiger partial charge in [-0.3, -0.25) is 4.79 Å². The van der Waals surface area contributed by atoms with Crippen LogP contribution in [-0.2, 0) is 21.0 Å². The van der Waals surface area contributed by atoms with Crippen LogP contribution in [0.15, 0.2) is 53.4 Å². The zero-order valence-corrected chi connectivity index (χ0v) is 17.3. The van der Waals surface area contributed by atoms with Crippen molar-refractivity contribution in [3.63, 3.8) is 0 Å². The second-order valence-corrected chi connectivity index (χ2v) is 8.73. The first-order valence-corrected chi connectivity index (χ1v) is 11.0. The molecule has 7 nitrogen and oxygen atoms in total. The van der Waals surface area contributed by atoms with Gasteiger partial charge in [-0.25, -0.2) is 13.1 Å². The Morgan fingerprint density at radius 1 is 1.00 bits per heavy atom. The SMILES string of the molecule is O=C(CCNS(=O)(=O)c1ccccc1C(F)(F)F)N1CCN(c2ccccc2O)CC1. The third-order valence-corrected chi connectivity index (χ3v) is 6.49. The van der Waals surface area contributed by atoms with Gasteiger partial charge in [0.1, 0.15) is 5.75 Å². The van der Waals surface area contributed by atoms with Crippen LogP contribution >= 0.6 is 0 Å². The molecular formula is C20H22F3N3O4S. The highest BCUT2D eigenvalue weighted by atomic mass is 32.2. The van der Waals surface area contributed by atoms with Crippen molar-refractivity contribution in [3.8, 4) is 5.75 Å². The van der Waals surface area contributed by atoms with Crippen LogP contribution in [0.1, 0.15) is 12.0 Å². The zero-order chi connectivity index (χ0) is 22.6. The van der Waals surface area contributed by atoms with Gasteiger partial charge in [-0.05, 0) is 24.3 Å². The number of phenolic OH excluding ortho intramolecular Hbond substituents is 1. The molecule has 0 bridgehead atoms. The van der Waals surface area contributed by atoms with E-state index in [1.165, 1.54) is 6.07 Å². The number of halogens is 3. The summed E-state index contributed by atoms with van der Waals surface area (Å²) < 4.78 is 66.0. The molecule has 3 rings (SSSR count). The number of hydrogen-bond donors (Lipinski definition) is 2. The smallest absolute Gasteiger partial charge is 0.417 e. The number of phenols is 1. The third kappa shape index (κ3) is 5.47. The number of para-hydroxylation sites is 2. The molecule has 1 saturated heterocycles.